The van der Waals surface area contributed by atoms with Crippen LogP contribution in [0.1, 0.15) is 31.1 Å². The van der Waals surface area contributed by atoms with E-state index in [4.69, 9.17) is 0 Å². The molecule has 2 aliphatic rings. The van der Waals surface area contributed by atoms with E-state index in [-0.39, 0.29) is 11.9 Å². The predicted molar refractivity (Wildman–Crippen MR) is 91.8 cm³/mol. The standard InChI is InChI=1S/C18H23N5O/c1-3-16-19-20-17-11-21(8-9-22(16)17)12-18(24)23-13(2)10-14-6-4-5-7-15(14)23/h4-7,13H,3,8-12H2,1-2H3/t13-/m1/s1. The Bertz CT molecular complexity index is 769. The van der Waals surface area contributed by atoms with Gasteiger partial charge in [0.15, 0.2) is 0 Å². The van der Waals surface area contributed by atoms with Crippen LogP contribution in [0.15, 0.2) is 24.3 Å². The third kappa shape index (κ3) is 2.51. The molecule has 0 aliphatic carbocycles. The van der Waals surface area contributed by atoms with Crippen molar-refractivity contribution in [2.75, 3.05) is 18.0 Å². The molecule has 1 aromatic heterocycles. The normalized spacial score (nSPS) is 20.1. The first-order chi connectivity index (χ1) is 11.7. The second kappa shape index (κ2) is 6.02. The van der Waals surface area contributed by atoms with Gasteiger partial charge in [-0.1, -0.05) is 25.1 Å². The lowest BCUT2D eigenvalue weighted by atomic mass is 10.1. The molecule has 126 valence electrons. The number of para-hydroxylation sites is 1. The maximum Gasteiger partial charge on any atom is 0.241 e. The van der Waals surface area contributed by atoms with E-state index >= 15 is 0 Å². The van der Waals surface area contributed by atoms with Crippen molar-refractivity contribution in [3.8, 4) is 0 Å². The zero-order chi connectivity index (χ0) is 16.7. The van der Waals surface area contributed by atoms with Crippen molar-refractivity contribution in [3.05, 3.63) is 41.5 Å². The zero-order valence-electron chi connectivity index (χ0n) is 14.3. The molecule has 24 heavy (non-hydrogen) atoms. The van der Waals surface area contributed by atoms with Gasteiger partial charge in [0, 0.05) is 31.2 Å². The van der Waals surface area contributed by atoms with Crippen LogP contribution in [0, 0.1) is 0 Å². The highest BCUT2D eigenvalue weighted by atomic mass is 16.2. The number of fused-ring (bicyclic) bond motifs is 2. The Kier molecular flexibility index (Phi) is 3.84. The lowest BCUT2D eigenvalue weighted by Gasteiger charge is -2.30. The van der Waals surface area contributed by atoms with Gasteiger partial charge >= 0.3 is 0 Å². The van der Waals surface area contributed by atoms with Gasteiger partial charge in [0.05, 0.1) is 13.1 Å². The third-order valence-electron chi connectivity index (χ3n) is 5.06. The first-order valence-corrected chi connectivity index (χ1v) is 8.70. The van der Waals surface area contributed by atoms with Gasteiger partial charge in [0.1, 0.15) is 11.6 Å². The van der Waals surface area contributed by atoms with Crippen LogP contribution >= 0.6 is 0 Å². The Morgan fingerprint density at radius 1 is 1.25 bits per heavy atom. The van der Waals surface area contributed by atoms with Crippen LogP contribution in [0.4, 0.5) is 5.69 Å². The number of benzene rings is 1. The summed E-state index contributed by atoms with van der Waals surface area (Å²) in [6.07, 6.45) is 1.84. The molecule has 6 heteroatoms. The summed E-state index contributed by atoms with van der Waals surface area (Å²) in [4.78, 5) is 17.0. The smallest absolute Gasteiger partial charge is 0.241 e. The summed E-state index contributed by atoms with van der Waals surface area (Å²) in [5, 5.41) is 8.52. The first-order valence-electron chi connectivity index (χ1n) is 8.70. The molecule has 1 amide bonds. The summed E-state index contributed by atoms with van der Waals surface area (Å²) < 4.78 is 2.19. The predicted octanol–water partition coefficient (Wildman–Crippen LogP) is 1.63. The summed E-state index contributed by atoms with van der Waals surface area (Å²) in [5.41, 5.74) is 2.34. The van der Waals surface area contributed by atoms with E-state index in [0.717, 1.165) is 43.3 Å². The largest absolute Gasteiger partial charge is 0.313 e. The fraction of sp³-hybridized carbons (Fsp3) is 0.500. The second-order valence-electron chi connectivity index (χ2n) is 6.69. The fourth-order valence-electron chi connectivity index (χ4n) is 3.88. The molecule has 0 N–H and O–H groups in total. The highest BCUT2D eigenvalue weighted by molar-refractivity contribution is 5.97. The van der Waals surface area contributed by atoms with Crippen LogP contribution in [0.25, 0.3) is 0 Å². The molecule has 3 heterocycles. The Morgan fingerprint density at radius 3 is 2.92 bits per heavy atom. The van der Waals surface area contributed by atoms with Crippen LogP contribution in [-0.2, 0) is 30.7 Å². The van der Waals surface area contributed by atoms with Crippen LogP contribution in [0.5, 0.6) is 0 Å². The molecule has 0 bridgehead atoms. The van der Waals surface area contributed by atoms with E-state index < -0.39 is 0 Å². The molecule has 2 aromatic rings. The van der Waals surface area contributed by atoms with Gasteiger partial charge in [0.2, 0.25) is 5.91 Å². The minimum absolute atomic E-state index is 0.177. The lowest BCUT2D eigenvalue weighted by molar-refractivity contribution is -0.120. The summed E-state index contributed by atoms with van der Waals surface area (Å²) in [5.74, 6) is 2.19. The maximum absolute atomic E-state index is 12.9. The van der Waals surface area contributed by atoms with Crippen molar-refractivity contribution < 1.29 is 4.79 Å². The topological polar surface area (TPSA) is 54.3 Å². The third-order valence-corrected chi connectivity index (χ3v) is 5.06. The van der Waals surface area contributed by atoms with Crippen molar-refractivity contribution in [1.29, 1.82) is 0 Å². The quantitative estimate of drug-likeness (QED) is 0.861. The minimum Gasteiger partial charge on any atom is -0.313 e. The zero-order valence-corrected chi connectivity index (χ0v) is 14.3. The number of rotatable bonds is 3. The number of carbonyl (C=O) groups is 1. The monoisotopic (exact) mass is 325 g/mol. The fourth-order valence-corrected chi connectivity index (χ4v) is 3.88. The van der Waals surface area contributed by atoms with Crippen molar-refractivity contribution >= 4 is 11.6 Å². The number of nitrogens with zero attached hydrogens (tertiary/aromatic N) is 5. The highest BCUT2D eigenvalue weighted by Crippen LogP contribution is 2.32. The molecule has 0 radical (unpaired) electrons. The van der Waals surface area contributed by atoms with E-state index in [2.05, 4.69) is 45.6 Å². The molecule has 2 aliphatic heterocycles. The SMILES string of the molecule is CCc1nnc2n1CCN(CC(=O)N1c3ccccc3C[C@H]1C)C2. The van der Waals surface area contributed by atoms with E-state index in [1.807, 2.05) is 17.0 Å². The number of aromatic nitrogens is 3. The number of anilines is 1. The highest BCUT2D eigenvalue weighted by Gasteiger charge is 2.32. The number of hydrogen-bond acceptors (Lipinski definition) is 4. The van der Waals surface area contributed by atoms with Gasteiger partial charge in [-0.25, -0.2) is 0 Å². The summed E-state index contributed by atoms with van der Waals surface area (Å²) in [6.45, 7) is 7.09. The molecular weight excluding hydrogens is 302 g/mol. The average Bonchev–Trinajstić information content (AvgIpc) is 3.13. The molecule has 6 nitrogen and oxygen atoms in total. The molecule has 0 unspecified atom stereocenters. The van der Waals surface area contributed by atoms with Gasteiger partial charge < -0.3 is 9.47 Å². The number of carbonyl (C=O) groups excluding carboxylic acids is 1. The molecule has 4 rings (SSSR count). The Balaban J connectivity index is 1.47. The van der Waals surface area contributed by atoms with Crippen molar-refractivity contribution in [2.24, 2.45) is 0 Å². The molecule has 0 saturated heterocycles. The maximum atomic E-state index is 12.9. The van der Waals surface area contributed by atoms with Gasteiger partial charge in [-0.3, -0.25) is 9.69 Å². The van der Waals surface area contributed by atoms with Crippen molar-refractivity contribution in [3.63, 3.8) is 0 Å². The Morgan fingerprint density at radius 2 is 2.08 bits per heavy atom. The van der Waals surface area contributed by atoms with Gasteiger partial charge in [-0.15, -0.1) is 10.2 Å². The van der Waals surface area contributed by atoms with E-state index in [1.54, 1.807) is 0 Å². The minimum atomic E-state index is 0.177. The Hall–Kier alpha value is -2.21. The number of aryl methyl sites for hydroxylation is 1. The molecule has 0 fully saturated rings. The average molecular weight is 325 g/mol. The van der Waals surface area contributed by atoms with E-state index in [1.165, 1.54) is 5.56 Å². The summed E-state index contributed by atoms with van der Waals surface area (Å²) in [7, 11) is 0. The van der Waals surface area contributed by atoms with Crippen LogP contribution in [0.2, 0.25) is 0 Å². The molecule has 0 spiro atoms. The van der Waals surface area contributed by atoms with Crippen LogP contribution in [0.3, 0.4) is 0 Å². The Labute approximate surface area is 142 Å². The van der Waals surface area contributed by atoms with Crippen molar-refractivity contribution in [1.82, 2.24) is 19.7 Å². The molecule has 1 aromatic carbocycles. The van der Waals surface area contributed by atoms with Crippen LogP contribution < -0.4 is 4.90 Å². The number of amides is 1. The molecule has 1 atom stereocenters. The second-order valence-corrected chi connectivity index (χ2v) is 6.69. The summed E-state index contributed by atoms with van der Waals surface area (Å²) >= 11 is 0. The van der Waals surface area contributed by atoms with Gasteiger partial charge in [-0.2, -0.15) is 0 Å². The number of hydrogen-bond donors (Lipinski definition) is 0. The van der Waals surface area contributed by atoms with Crippen molar-refractivity contribution in [2.45, 2.75) is 45.8 Å². The lowest BCUT2D eigenvalue weighted by Crippen LogP contribution is -2.45. The van der Waals surface area contributed by atoms with E-state index in [9.17, 15) is 4.79 Å². The van der Waals surface area contributed by atoms with Gasteiger partial charge in [0.25, 0.3) is 0 Å². The molecule has 0 saturated carbocycles. The molecular formula is C18H23N5O. The van der Waals surface area contributed by atoms with E-state index in [0.29, 0.717) is 13.1 Å². The summed E-state index contributed by atoms with van der Waals surface area (Å²) in [6, 6.07) is 8.45. The van der Waals surface area contributed by atoms with Crippen LogP contribution in [-0.4, -0.2) is 44.7 Å². The van der Waals surface area contributed by atoms with Gasteiger partial charge in [-0.05, 0) is 25.0 Å². The first kappa shape index (κ1) is 15.3.